The minimum absolute atomic E-state index is 0.0563. The highest BCUT2D eigenvalue weighted by Gasteiger charge is 2.04. The van der Waals surface area contributed by atoms with Crippen LogP contribution >= 0.6 is 0 Å². The smallest absolute Gasteiger partial charge is 0.187 e. The van der Waals surface area contributed by atoms with Crippen molar-refractivity contribution in [2.24, 2.45) is 0 Å². The van der Waals surface area contributed by atoms with E-state index in [1.54, 1.807) is 25.3 Å². The first-order valence-corrected chi connectivity index (χ1v) is 4.92. The Bertz CT molecular complexity index is 370. The number of pyridine rings is 1. The van der Waals surface area contributed by atoms with Crippen molar-refractivity contribution in [3.63, 3.8) is 0 Å². The van der Waals surface area contributed by atoms with E-state index in [0.29, 0.717) is 11.3 Å². The van der Waals surface area contributed by atoms with Crippen molar-refractivity contribution in [2.75, 3.05) is 0 Å². The molecule has 0 saturated heterocycles. The van der Waals surface area contributed by atoms with Crippen LogP contribution in [0.3, 0.4) is 0 Å². The van der Waals surface area contributed by atoms with E-state index in [4.69, 9.17) is 4.74 Å². The lowest BCUT2D eigenvalue weighted by atomic mass is 10.2. The first-order chi connectivity index (χ1) is 7.13. The van der Waals surface area contributed by atoms with E-state index >= 15 is 0 Å². The van der Waals surface area contributed by atoms with Gasteiger partial charge in [0, 0.05) is 11.8 Å². The molecule has 15 heavy (non-hydrogen) atoms. The molecule has 0 fully saturated rings. The van der Waals surface area contributed by atoms with Crippen LogP contribution in [-0.4, -0.2) is 16.9 Å². The van der Waals surface area contributed by atoms with Gasteiger partial charge in [-0.25, -0.2) is 0 Å². The van der Waals surface area contributed by atoms with Crippen molar-refractivity contribution >= 4 is 5.78 Å². The maximum Gasteiger partial charge on any atom is 0.187 e. The normalized spacial score (nSPS) is 10.9. The molecule has 0 aliphatic rings. The van der Waals surface area contributed by atoms with Gasteiger partial charge in [0.1, 0.15) is 5.75 Å². The predicted octanol–water partition coefficient (Wildman–Crippen LogP) is 2.63. The average molecular weight is 205 g/mol. The monoisotopic (exact) mass is 205 g/mol. The van der Waals surface area contributed by atoms with Gasteiger partial charge in [-0.15, -0.1) is 0 Å². The Kier molecular flexibility index (Phi) is 4.03. The summed E-state index contributed by atoms with van der Waals surface area (Å²) in [6.07, 6.45) is 6.44. The van der Waals surface area contributed by atoms with Crippen LogP contribution in [0.15, 0.2) is 30.6 Å². The van der Waals surface area contributed by atoms with Crippen molar-refractivity contribution in [2.45, 2.75) is 26.9 Å². The van der Waals surface area contributed by atoms with Crippen LogP contribution in [0.2, 0.25) is 0 Å². The average Bonchev–Trinajstić information content (AvgIpc) is 2.17. The number of rotatable bonds is 4. The number of ether oxygens (including phenoxy) is 1. The fourth-order valence-corrected chi connectivity index (χ4v) is 1.14. The van der Waals surface area contributed by atoms with E-state index in [-0.39, 0.29) is 11.9 Å². The topological polar surface area (TPSA) is 39.2 Å². The Morgan fingerprint density at radius 1 is 1.47 bits per heavy atom. The lowest BCUT2D eigenvalue weighted by molar-refractivity contribution is 0.104. The largest absolute Gasteiger partial charge is 0.489 e. The van der Waals surface area contributed by atoms with Crippen LogP contribution in [-0.2, 0) is 0 Å². The van der Waals surface area contributed by atoms with Gasteiger partial charge >= 0.3 is 0 Å². The zero-order chi connectivity index (χ0) is 11.3. The number of aromatic nitrogens is 1. The molecule has 3 heteroatoms. The van der Waals surface area contributed by atoms with Crippen LogP contribution in [0.25, 0.3) is 0 Å². The van der Waals surface area contributed by atoms with Crippen molar-refractivity contribution in [1.29, 1.82) is 0 Å². The number of allylic oxidation sites excluding steroid dienone is 2. The summed E-state index contributed by atoms with van der Waals surface area (Å²) in [7, 11) is 0. The Morgan fingerprint density at radius 3 is 2.80 bits per heavy atom. The number of nitrogens with zero attached hydrogens (tertiary/aromatic N) is 1. The zero-order valence-electron chi connectivity index (χ0n) is 9.23. The summed E-state index contributed by atoms with van der Waals surface area (Å²) in [5, 5.41) is 0. The van der Waals surface area contributed by atoms with Crippen LogP contribution in [0.4, 0.5) is 0 Å². The van der Waals surface area contributed by atoms with E-state index in [2.05, 4.69) is 4.98 Å². The number of ketones is 1. The molecule has 0 aliphatic heterocycles. The van der Waals surface area contributed by atoms with Crippen LogP contribution in [0.1, 0.15) is 31.1 Å². The Labute approximate surface area is 89.8 Å². The molecule has 1 aromatic rings. The second-order valence-electron chi connectivity index (χ2n) is 3.44. The van der Waals surface area contributed by atoms with E-state index in [0.717, 1.165) is 0 Å². The third-order valence-electron chi connectivity index (χ3n) is 1.69. The molecular formula is C12H15NO2. The Hall–Kier alpha value is -1.64. The first kappa shape index (κ1) is 11.4. The third kappa shape index (κ3) is 3.54. The molecule has 0 spiro atoms. The molecule has 0 bridgehead atoms. The quantitative estimate of drug-likeness (QED) is 0.560. The van der Waals surface area contributed by atoms with Gasteiger partial charge in [0.2, 0.25) is 0 Å². The highest BCUT2D eigenvalue weighted by Crippen LogP contribution is 2.13. The van der Waals surface area contributed by atoms with E-state index < -0.39 is 0 Å². The lowest BCUT2D eigenvalue weighted by Gasteiger charge is -2.09. The number of hydrogen-bond acceptors (Lipinski definition) is 3. The molecule has 0 amide bonds. The fraction of sp³-hybridized carbons (Fsp3) is 0.333. The van der Waals surface area contributed by atoms with Gasteiger partial charge in [-0.1, -0.05) is 6.08 Å². The molecule has 1 heterocycles. The van der Waals surface area contributed by atoms with Crippen LogP contribution < -0.4 is 4.74 Å². The molecule has 1 rings (SSSR count). The van der Waals surface area contributed by atoms with Gasteiger partial charge in [0.15, 0.2) is 5.78 Å². The summed E-state index contributed by atoms with van der Waals surface area (Å²) in [5.74, 6) is 0.569. The fourth-order valence-electron chi connectivity index (χ4n) is 1.14. The Morgan fingerprint density at radius 2 is 2.20 bits per heavy atom. The summed E-state index contributed by atoms with van der Waals surface area (Å²) < 4.78 is 5.44. The third-order valence-corrected chi connectivity index (χ3v) is 1.69. The zero-order valence-corrected chi connectivity index (χ0v) is 9.23. The highest BCUT2D eigenvalue weighted by atomic mass is 16.5. The number of hydrogen-bond donors (Lipinski definition) is 0. The van der Waals surface area contributed by atoms with Crippen LogP contribution in [0.5, 0.6) is 5.75 Å². The molecule has 0 N–H and O–H groups in total. The molecule has 0 atom stereocenters. The number of carbonyl (C=O) groups is 1. The van der Waals surface area contributed by atoms with E-state index in [1.165, 1.54) is 12.3 Å². The molecule has 80 valence electrons. The van der Waals surface area contributed by atoms with Gasteiger partial charge in [0.25, 0.3) is 0 Å². The first-order valence-electron chi connectivity index (χ1n) is 4.92. The number of carbonyl (C=O) groups excluding carboxylic acids is 1. The minimum atomic E-state index is -0.0563. The van der Waals surface area contributed by atoms with Gasteiger partial charge in [0.05, 0.1) is 12.3 Å². The molecule has 1 aromatic heterocycles. The summed E-state index contributed by atoms with van der Waals surface area (Å²) >= 11 is 0. The van der Waals surface area contributed by atoms with Gasteiger partial charge in [-0.2, -0.15) is 0 Å². The molecule has 0 radical (unpaired) electrons. The summed E-state index contributed by atoms with van der Waals surface area (Å²) in [6.45, 7) is 5.67. The predicted molar refractivity (Wildman–Crippen MR) is 59.1 cm³/mol. The second kappa shape index (κ2) is 5.29. The molecule has 0 aliphatic carbocycles. The Balaban J connectivity index is 2.87. The molecule has 0 aromatic carbocycles. The van der Waals surface area contributed by atoms with Crippen molar-refractivity contribution in [3.05, 3.63) is 36.2 Å². The lowest BCUT2D eigenvalue weighted by Crippen LogP contribution is -2.06. The molecule has 0 unspecified atom stereocenters. The second-order valence-corrected chi connectivity index (χ2v) is 3.44. The van der Waals surface area contributed by atoms with Gasteiger partial charge in [-0.05, 0) is 32.9 Å². The summed E-state index contributed by atoms with van der Waals surface area (Å²) in [6, 6.07) is 1.70. The summed E-state index contributed by atoms with van der Waals surface area (Å²) in [4.78, 5) is 15.5. The maximum absolute atomic E-state index is 11.5. The van der Waals surface area contributed by atoms with Crippen molar-refractivity contribution < 1.29 is 9.53 Å². The molecule has 3 nitrogen and oxygen atoms in total. The maximum atomic E-state index is 11.5. The van der Waals surface area contributed by atoms with Gasteiger partial charge in [-0.3, -0.25) is 9.78 Å². The van der Waals surface area contributed by atoms with Crippen LogP contribution in [0, 0.1) is 0 Å². The van der Waals surface area contributed by atoms with Crippen molar-refractivity contribution in [3.8, 4) is 5.75 Å². The van der Waals surface area contributed by atoms with E-state index in [1.807, 2.05) is 13.8 Å². The van der Waals surface area contributed by atoms with E-state index in [9.17, 15) is 4.79 Å². The SMILES string of the molecule is C/C=C/C(=O)c1cncc(OC(C)C)c1. The minimum Gasteiger partial charge on any atom is -0.489 e. The van der Waals surface area contributed by atoms with Crippen molar-refractivity contribution in [1.82, 2.24) is 4.98 Å². The molecule has 0 saturated carbocycles. The molecular weight excluding hydrogens is 190 g/mol. The van der Waals surface area contributed by atoms with Gasteiger partial charge < -0.3 is 4.74 Å². The standard InChI is InChI=1S/C12H15NO2/c1-4-5-12(14)10-6-11(8-13-7-10)15-9(2)3/h4-9H,1-3H3/b5-4+. The summed E-state index contributed by atoms with van der Waals surface area (Å²) in [5.41, 5.74) is 0.547. The highest BCUT2D eigenvalue weighted by molar-refractivity contribution is 6.04.